The van der Waals surface area contributed by atoms with Crippen molar-refractivity contribution in [2.24, 2.45) is 0 Å². The first-order valence-corrected chi connectivity index (χ1v) is 10.3. The van der Waals surface area contributed by atoms with Crippen molar-refractivity contribution >= 4 is 44.8 Å². The van der Waals surface area contributed by atoms with Gasteiger partial charge in [0.25, 0.3) is 15.9 Å². The molecule has 0 aliphatic heterocycles. The monoisotopic (exact) mass is 435 g/mol. The molecule has 0 aliphatic carbocycles. The lowest BCUT2D eigenvalue weighted by Gasteiger charge is -2.23. The Bertz CT molecular complexity index is 1100. The van der Waals surface area contributed by atoms with Gasteiger partial charge in [0, 0.05) is 5.02 Å². The fraction of sp³-hybridized carbons (Fsp3) is 0.0500. The first-order valence-electron chi connectivity index (χ1n) is 8.08. The van der Waals surface area contributed by atoms with Gasteiger partial charge in [0.2, 0.25) is 0 Å². The number of methoxy groups -OCH3 is 1. The smallest absolute Gasteiger partial charge is 0.273 e. The number of ether oxygens (including phenoxy) is 1. The lowest BCUT2D eigenvalue weighted by molar-refractivity contribution is 0.101. The highest BCUT2D eigenvalue weighted by atomic mass is 35.5. The van der Waals surface area contributed by atoms with Crippen LogP contribution in [-0.4, -0.2) is 21.4 Å². The number of anilines is 1. The molecule has 0 heterocycles. The Balaban J connectivity index is 2.17. The van der Waals surface area contributed by atoms with E-state index in [4.69, 9.17) is 27.9 Å². The fourth-order valence-corrected chi connectivity index (χ4v) is 4.29. The lowest BCUT2D eigenvalue weighted by Crippen LogP contribution is -2.37. The Morgan fingerprint density at radius 2 is 1.50 bits per heavy atom. The average molecular weight is 436 g/mol. The number of benzene rings is 3. The largest absolute Gasteiger partial charge is 0.497 e. The molecule has 3 rings (SSSR count). The van der Waals surface area contributed by atoms with Crippen LogP contribution in [0.3, 0.4) is 0 Å². The van der Waals surface area contributed by atoms with E-state index in [0.29, 0.717) is 10.8 Å². The molecule has 0 fully saturated rings. The lowest BCUT2D eigenvalue weighted by atomic mass is 10.2. The minimum absolute atomic E-state index is 0.0672. The van der Waals surface area contributed by atoms with Crippen LogP contribution in [0.5, 0.6) is 5.75 Å². The van der Waals surface area contributed by atoms with E-state index >= 15 is 0 Å². The van der Waals surface area contributed by atoms with Crippen LogP contribution in [0, 0.1) is 0 Å². The van der Waals surface area contributed by atoms with Crippen LogP contribution in [0.2, 0.25) is 10.0 Å². The van der Waals surface area contributed by atoms with Crippen LogP contribution in [-0.2, 0) is 10.0 Å². The summed E-state index contributed by atoms with van der Waals surface area (Å²) in [6.45, 7) is 0. The van der Waals surface area contributed by atoms with Crippen LogP contribution in [0.4, 0.5) is 5.69 Å². The normalized spacial score (nSPS) is 11.1. The van der Waals surface area contributed by atoms with E-state index in [1.54, 1.807) is 24.3 Å². The van der Waals surface area contributed by atoms with Gasteiger partial charge in [0.15, 0.2) is 0 Å². The van der Waals surface area contributed by atoms with Crippen molar-refractivity contribution in [2.75, 3.05) is 11.4 Å². The van der Waals surface area contributed by atoms with E-state index in [0.717, 1.165) is 4.31 Å². The van der Waals surface area contributed by atoms with Crippen molar-refractivity contribution in [3.63, 3.8) is 0 Å². The zero-order chi connectivity index (χ0) is 20.3. The van der Waals surface area contributed by atoms with Gasteiger partial charge in [-0.25, -0.2) is 8.42 Å². The van der Waals surface area contributed by atoms with Gasteiger partial charge in [-0.05, 0) is 60.7 Å². The summed E-state index contributed by atoms with van der Waals surface area (Å²) < 4.78 is 32.5. The number of hydrogen-bond donors (Lipinski definition) is 0. The molecule has 0 radical (unpaired) electrons. The Morgan fingerprint density at radius 3 is 2.07 bits per heavy atom. The quantitative estimate of drug-likeness (QED) is 0.562. The van der Waals surface area contributed by atoms with E-state index < -0.39 is 15.9 Å². The molecule has 5 nitrogen and oxygen atoms in total. The zero-order valence-corrected chi connectivity index (χ0v) is 17.0. The Labute approximate surface area is 173 Å². The molecule has 3 aromatic carbocycles. The zero-order valence-electron chi connectivity index (χ0n) is 14.7. The maximum atomic E-state index is 13.3. The summed E-state index contributed by atoms with van der Waals surface area (Å²) in [5.41, 5.74) is 0.221. The molecule has 144 valence electrons. The van der Waals surface area contributed by atoms with Crippen molar-refractivity contribution in [3.8, 4) is 5.75 Å². The van der Waals surface area contributed by atoms with Gasteiger partial charge in [-0.1, -0.05) is 35.3 Å². The van der Waals surface area contributed by atoms with Crippen molar-refractivity contribution in [1.29, 1.82) is 0 Å². The molecule has 0 N–H and O–H groups in total. The second kappa shape index (κ2) is 8.22. The van der Waals surface area contributed by atoms with Crippen LogP contribution in [0.1, 0.15) is 10.4 Å². The molecule has 0 spiro atoms. The van der Waals surface area contributed by atoms with Crippen molar-refractivity contribution in [2.45, 2.75) is 4.90 Å². The summed E-state index contributed by atoms with van der Waals surface area (Å²) in [5.74, 6) is -0.247. The number of carbonyl (C=O) groups excluding carboxylic acids is 1. The van der Waals surface area contributed by atoms with Gasteiger partial charge in [0.05, 0.1) is 28.3 Å². The minimum atomic E-state index is -4.23. The van der Waals surface area contributed by atoms with Crippen molar-refractivity contribution < 1.29 is 17.9 Å². The summed E-state index contributed by atoms with van der Waals surface area (Å²) in [5, 5.41) is 0.532. The molecule has 0 atom stereocenters. The molecule has 0 aromatic heterocycles. The van der Waals surface area contributed by atoms with Crippen molar-refractivity contribution in [3.05, 3.63) is 88.4 Å². The number of hydrogen-bond acceptors (Lipinski definition) is 4. The average Bonchev–Trinajstić information content (AvgIpc) is 2.69. The van der Waals surface area contributed by atoms with Crippen LogP contribution < -0.4 is 9.04 Å². The first kappa shape index (κ1) is 20.2. The van der Waals surface area contributed by atoms with Gasteiger partial charge in [-0.2, -0.15) is 4.31 Å². The first-order chi connectivity index (χ1) is 13.3. The number of amides is 1. The number of sulfonamides is 1. The minimum Gasteiger partial charge on any atom is -0.497 e. The van der Waals surface area contributed by atoms with Gasteiger partial charge in [-0.3, -0.25) is 4.79 Å². The third-order valence-electron chi connectivity index (χ3n) is 3.95. The highest BCUT2D eigenvalue weighted by Crippen LogP contribution is 2.30. The van der Waals surface area contributed by atoms with E-state index in [-0.39, 0.29) is 21.2 Å². The number of nitrogens with zero attached hydrogens (tertiary/aromatic N) is 1. The third kappa shape index (κ3) is 3.99. The maximum Gasteiger partial charge on any atom is 0.273 e. The topological polar surface area (TPSA) is 63.7 Å². The summed E-state index contributed by atoms with van der Waals surface area (Å²) >= 11 is 12.0. The van der Waals surface area contributed by atoms with E-state index in [1.807, 2.05) is 0 Å². The molecular formula is C20H15Cl2NO4S. The molecule has 0 unspecified atom stereocenters. The second-order valence-corrected chi connectivity index (χ2v) is 8.34. The molecule has 3 aromatic rings. The van der Waals surface area contributed by atoms with E-state index in [1.165, 1.54) is 55.6 Å². The molecule has 0 saturated heterocycles. The standard InChI is InChI=1S/C20H15Cl2NO4S/c1-27-16-10-8-15(9-11-16)23(20(24)18-4-2-3-5-19(18)22)28(25,26)17-12-6-14(21)7-13-17/h2-13H,1H3. The maximum absolute atomic E-state index is 13.3. The number of rotatable bonds is 5. The van der Waals surface area contributed by atoms with Gasteiger partial charge >= 0.3 is 0 Å². The summed E-state index contributed by atoms with van der Waals surface area (Å²) in [7, 11) is -2.74. The molecule has 1 amide bonds. The second-order valence-electron chi connectivity index (χ2n) is 5.71. The number of carbonyl (C=O) groups is 1. The van der Waals surface area contributed by atoms with E-state index in [9.17, 15) is 13.2 Å². The van der Waals surface area contributed by atoms with Crippen LogP contribution in [0.15, 0.2) is 77.7 Å². The predicted molar refractivity (Wildman–Crippen MR) is 110 cm³/mol. The van der Waals surface area contributed by atoms with Crippen molar-refractivity contribution in [1.82, 2.24) is 0 Å². The number of halogens is 2. The molecule has 8 heteroatoms. The Kier molecular flexibility index (Phi) is 5.93. The van der Waals surface area contributed by atoms with Crippen LogP contribution in [0.25, 0.3) is 0 Å². The van der Waals surface area contributed by atoms with Gasteiger partial charge in [0.1, 0.15) is 5.75 Å². The summed E-state index contributed by atoms with van der Waals surface area (Å²) in [6, 6.07) is 17.9. The van der Waals surface area contributed by atoms with Gasteiger partial charge in [-0.15, -0.1) is 0 Å². The SMILES string of the molecule is COc1ccc(N(C(=O)c2ccccc2Cl)S(=O)(=O)c2ccc(Cl)cc2)cc1. The molecule has 28 heavy (non-hydrogen) atoms. The predicted octanol–water partition coefficient (Wildman–Crippen LogP) is 5.04. The highest BCUT2D eigenvalue weighted by molar-refractivity contribution is 7.93. The molecular weight excluding hydrogens is 421 g/mol. The summed E-state index contributed by atoms with van der Waals surface area (Å²) in [6.07, 6.45) is 0. The Morgan fingerprint density at radius 1 is 0.893 bits per heavy atom. The molecule has 0 saturated carbocycles. The van der Waals surface area contributed by atoms with Crippen LogP contribution >= 0.6 is 23.2 Å². The van der Waals surface area contributed by atoms with Gasteiger partial charge < -0.3 is 4.74 Å². The summed E-state index contributed by atoms with van der Waals surface area (Å²) in [4.78, 5) is 13.1. The molecule has 0 bridgehead atoms. The Hall–Kier alpha value is -2.54. The highest BCUT2D eigenvalue weighted by Gasteiger charge is 2.32. The fourth-order valence-electron chi connectivity index (χ4n) is 2.54. The molecule has 0 aliphatic rings. The van der Waals surface area contributed by atoms with E-state index in [2.05, 4.69) is 0 Å². The third-order valence-corrected chi connectivity index (χ3v) is 6.25.